The van der Waals surface area contributed by atoms with Crippen molar-refractivity contribution in [1.82, 2.24) is 15.2 Å². The predicted molar refractivity (Wildman–Crippen MR) is 103 cm³/mol. The van der Waals surface area contributed by atoms with Crippen LogP contribution in [0.4, 0.5) is 9.93 Å². The number of anilines is 1. The maximum absolute atomic E-state index is 12.0. The van der Waals surface area contributed by atoms with Gasteiger partial charge in [0.2, 0.25) is 0 Å². The molecule has 1 aliphatic heterocycles. The average Bonchev–Trinajstić information content (AvgIpc) is 3.04. The van der Waals surface area contributed by atoms with Crippen LogP contribution in [0.2, 0.25) is 0 Å². The van der Waals surface area contributed by atoms with Gasteiger partial charge in [-0.05, 0) is 37.4 Å². The predicted octanol–water partition coefficient (Wildman–Crippen LogP) is 3.59. The molecule has 1 fully saturated rings. The summed E-state index contributed by atoms with van der Waals surface area (Å²) in [4.78, 5) is 18.9. The molecule has 1 aromatic heterocycles. The highest BCUT2D eigenvalue weighted by Crippen LogP contribution is 2.18. The Kier molecular flexibility index (Phi) is 6.42. The second-order valence-corrected chi connectivity index (χ2v) is 7.57. The summed E-state index contributed by atoms with van der Waals surface area (Å²) >= 11 is 1.47. The van der Waals surface area contributed by atoms with Crippen LogP contribution in [-0.2, 0) is 6.42 Å². The Bertz CT molecular complexity index is 665. The summed E-state index contributed by atoms with van der Waals surface area (Å²) in [5.41, 5.74) is 2.20. The Hall–Kier alpha value is -1.92. The van der Waals surface area contributed by atoms with Gasteiger partial charge in [0.05, 0.1) is 5.69 Å². The Morgan fingerprint density at radius 1 is 1.28 bits per heavy atom. The number of carbonyl (C=O) groups is 1. The van der Waals surface area contributed by atoms with Gasteiger partial charge in [-0.25, -0.2) is 9.78 Å². The molecule has 2 heterocycles. The molecule has 5 nitrogen and oxygen atoms in total. The molecule has 25 heavy (non-hydrogen) atoms. The number of benzene rings is 1. The molecule has 0 radical (unpaired) electrons. The minimum absolute atomic E-state index is 0.175. The third-order valence-corrected chi connectivity index (χ3v) is 5.40. The maximum Gasteiger partial charge on any atom is 0.321 e. The molecule has 1 aliphatic rings. The monoisotopic (exact) mass is 358 g/mol. The Morgan fingerprint density at radius 3 is 2.80 bits per heavy atom. The molecule has 3 rings (SSSR count). The average molecular weight is 359 g/mol. The second kappa shape index (κ2) is 8.97. The Balaban J connectivity index is 1.38. The summed E-state index contributed by atoms with van der Waals surface area (Å²) in [6.45, 7) is 6.17. The summed E-state index contributed by atoms with van der Waals surface area (Å²) in [5.74, 6) is 0.836. The number of carbonyl (C=O) groups excluding carboxylic acids is 1. The zero-order valence-electron chi connectivity index (χ0n) is 14.7. The van der Waals surface area contributed by atoms with Gasteiger partial charge in [0.15, 0.2) is 5.13 Å². The van der Waals surface area contributed by atoms with E-state index in [0.29, 0.717) is 11.7 Å². The van der Waals surface area contributed by atoms with E-state index in [0.717, 1.165) is 37.7 Å². The standard InChI is InChI=1S/C19H26N4OS/c1-15-7-10-23(11-8-15)12-9-20-18(24)22-19-21-17(14-25-19)13-16-5-3-2-4-6-16/h2-6,14-15H,7-13H2,1H3,(H2,20,21,22,24). The van der Waals surface area contributed by atoms with Crippen molar-refractivity contribution in [2.24, 2.45) is 5.92 Å². The largest absolute Gasteiger partial charge is 0.337 e. The fourth-order valence-corrected chi connectivity index (χ4v) is 3.71. The van der Waals surface area contributed by atoms with E-state index < -0.39 is 0 Å². The highest BCUT2D eigenvalue weighted by atomic mass is 32.1. The lowest BCUT2D eigenvalue weighted by molar-refractivity contribution is 0.192. The van der Waals surface area contributed by atoms with Crippen LogP contribution < -0.4 is 10.6 Å². The van der Waals surface area contributed by atoms with Gasteiger partial charge in [0, 0.05) is 24.9 Å². The zero-order valence-corrected chi connectivity index (χ0v) is 15.5. The molecule has 134 valence electrons. The molecule has 2 aromatic rings. The lowest BCUT2D eigenvalue weighted by Gasteiger charge is -2.30. The van der Waals surface area contributed by atoms with Gasteiger partial charge in [-0.1, -0.05) is 37.3 Å². The van der Waals surface area contributed by atoms with Crippen LogP contribution in [0.5, 0.6) is 0 Å². The van der Waals surface area contributed by atoms with Crippen molar-refractivity contribution in [2.45, 2.75) is 26.2 Å². The summed E-state index contributed by atoms with van der Waals surface area (Å²) in [7, 11) is 0. The molecule has 6 heteroatoms. The fraction of sp³-hybridized carbons (Fsp3) is 0.474. The number of rotatable bonds is 6. The van der Waals surface area contributed by atoms with Crippen LogP contribution in [0.3, 0.4) is 0 Å². The lowest BCUT2D eigenvalue weighted by atomic mass is 9.99. The number of nitrogens with one attached hydrogen (secondary N) is 2. The van der Waals surface area contributed by atoms with E-state index in [1.165, 1.54) is 29.7 Å². The molecule has 0 aliphatic carbocycles. The van der Waals surface area contributed by atoms with Crippen LogP contribution in [0.1, 0.15) is 31.0 Å². The van der Waals surface area contributed by atoms with Crippen molar-refractivity contribution >= 4 is 22.5 Å². The van der Waals surface area contributed by atoms with Crippen LogP contribution in [-0.4, -0.2) is 42.1 Å². The smallest absolute Gasteiger partial charge is 0.321 e. The van der Waals surface area contributed by atoms with Crippen LogP contribution in [0, 0.1) is 5.92 Å². The summed E-state index contributed by atoms with van der Waals surface area (Å²) in [5, 5.41) is 8.40. The quantitative estimate of drug-likeness (QED) is 0.830. The minimum Gasteiger partial charge on any atom is -0.337 e. The van der Waals surface area contributed by atoms with E-state index >= 15 is 0 Å². The van der Waals surface area contributed by atoms with E-state index in [-0.39, 0.29) is 6.03 Å². The number of amides is 2. The number of nitrogens with zero attached hydrogens (tertiary/aromatic N) is 2. The van der Waals surface area contributed by atoms with Gasteiger partial charge in [0.25, 0.3) is 0 Å². The van der Waals surface area contributed by atoms with Crippen molar-refractivity contribution in [2.75, 3.05) is 31.5 Å². The summed E-state index contributed by atoms with van der Waals surface area (Å²) in [6.07, 6.45) is 3.30. The van der Waals surface area contributed by atoms with Crippen molar-refractivity contribution in [3.05, 3.63) is 47.0 Å². The number of piperidine rings is 1. The van der Waals surface area contributed by atoms with Crippen molar-refractivity contribution in [3.8, 4) is 0 Å². The highest BCUT2D eigenvalue weighted by molar-refractivity contribution is 7.13. The van der Waals surface area contributed by atoms with E-state index in [1.54, 1.807) is 0 Å². The van der Waals surface area contributed by atoms with Gasteiger partial charge in [-0.3, -0.25) is 5.32 Å². The maximum atomic E-state index is 12.0. The molecule has 0 saturated carbocycles. The number of aromatic nitrogens is 1. The third kappa shape index (κ3) is 5.83. The van der Waals surface area contributed by atoms with Gasteiger partial charge in [-0.15, -0.1) is 11.3 Å². The van der Waals surface area contributed by atoms with E-state index in [1.807, 2.05) is 23.6 Å². The molecule has 2 amide bonds. The molecular formula is C19H26N4OS. The Morgan fingerprint density at radius 2 is 2.04 bits per heavy atom. The SMILES string of the molecule is CC1CCN(CCNC(=O)Nc2nc(Cc3ccccc3)cs2)CC1. The normalized spacial score (nSPS) is 15.9. The number of likely N-dealkylation sites (tertiary alicyclic amines) is 1. The zero-order chi connectivity index (χ0) is 17.5. The molecule has 0 unspecified atom stereocenters. The van der Waals surface area contributed by atoms with Crippen LogP contribution in [0.25, 0.3) is 0 Å². The van der Waals surface area contributed by atoms with Crippen molar-refractivity contribution in [3.63, 3.8) is 0 Å². The molecular weight excluding hydrogens is 332 g/mol. The molecule has 2 N–H and O–H groups in total. The first-order valence-corrected chi connectivity index (χ1v) is 9.82. The lowest BCUT2D eigenvalue weighted by Crippen LogP contribution is -2.40. The Labute approximate surface area is 153 Å². The fourth-order valence-electron chi connectivity index (χ4n) is 3.01. The molecule has 0 bridgehead atoms. The van der Waals surface area contributed by atoms with Gasteiger partial charge >= 0.3 is 6.03 Å². The molecule has 0 atom stereocenters. The minimum atomic E-state index is -0.175. The first-order valence-electron chi connectivity index (χ1n) is 8.94. The molecule has 1 aromatic carbocycles. The number of thiazole rings is 1. The molecule has 0 spiro atoms. The summed E-state index contributed by atoms with van der Waals surface area (Å²) < 4.78 is 0. The first-order chi connectivity index (χ1) is 12.2. The van der Waals surface area contributed by atoms with Crippen molar-refractivity contribution in [1.29, 1.82) is 0 Å². The van der Waals surface area contributed by atoms with Crippen LogP contribution >= 0.6 is 11.3 Å². The highest BCUT2D eigenvalue weighted by Gasteiger charge is 2.15. The van der Waals surface area contributed by atoms with E-state index in [4.69, 9.17) is 0 Å². The van der Waals surface area contributed by atoms with Gasteiger partial charge in [-0.2, -0.15) is 0 Å². The number of urea groups is 1. The van der Waals surface area contributed by atoms with Crippen molar-refractivity contribution < 1.29 is 4.79 Å². The van der Waals surface area contributed by atoms with Gasteiger partial charge < -0.3 is 10.2 Å². The number of hydrogen-bond acceptors (Lipinski definition) is 4. The molecule has 1 saturated heterocycles. The number of hydrogen-bond donors (Lipinski definition) is 2. The van der Waals surface area contributed by atoms with E-state index in [9.17, 15) is 4.79 Å². The van der Waals surface area contributed by atoms with E-state index in [2.05, 4.69) is 39.6 Å². The topological polar surface area (TPSA) is 57.3 Å². The van der Waals surface area contributed by atoms with Gasteiger partial charge in [0.1, 0.15) is 0 Å². The van der Waals surface area contributed by atoms with Crippen LogP contribution in [0.15, 0.2) is 35.7 Å². The second-order valence-electron chi connectivity index (χ2n) is 6.71. The summed E-state index contributed by atoms with van der Waals surface area (Å²) in [6, 6.07) is 10.0. The first kappa shape index (κ1) is 17.9. The third-order valence-electron chi connectivity index (χ3n) is 4.59.